The van der Waals surface area contributed by atoms with Gasteiger partial charge in [-0.3, -0.25) is 9.59 Å². The Morgan fingerprint density at radius 1 is 1.00 bits per heavy atom. The van der Waals surface area contributed by atoms with Crippen LogP contribution in [0.15, 0.2) is 24.3 Å². The van der Waals surface area contributed by atoms with Gasteiger partial charge in [-0.15, -0.1) is 0 Å². The maximum Gasteiger partial charge on any atom is 0.227 e. The highest BCUT2D eigenvalue weighted by molar-refractivity contribution is 5.92. The molecule has 5 nitrogen and oxygen atoms in total. The van der Waals surface area contributed by atoms with Crippen LogP contribution in [0.5, 0.6) is 0 Å². The highest BCUT2D eigenvalue weighted by Gasteiger charge is 2.27. The number of benzene rings is 1. The molecule has 1 aromatic rings. The summed E-state index contributed by atoms with van der Waals surface area (Å²) in [6.45, 7) is 3.82. The summed E-state index contributed by atoms with van der Waals surface area (Å²) < 4.78 is 0. The van der Waals surface area contributed by atoms with Crippen molar-refractivity contribution in [2.24, 2.45) is 11.8 Å². The van der Waals surface area contributed by atoms with Gasteiger partial charge in [0.1, 0.15) is 0 Å². The summed E-state index contributed by atoms with van der Waals surface area (Å²) in [5.74, 6) is 0.938. The SMILES string of the molecule is CCNCc1cccc(NC(=O)C2CCC(NC(=O)CC3CCCCC3)CC2)c1. The molecule has 3 N–H and O–H groups in total. The van der Waals surface area contributed by atoms with E-state index in [9.17, 15) is 9.59 Å². The zero-order chi connectivity index (χ0) is 20.5. The first kappa shape index (κ1) is 21.8. The molecule has 0 saturated heterocycles. The number of nitrogens with one attached hydrogen (secondary N) is 3. The topological polar surface area (TPSA) is 70.2 Å². The van der Waals surface area contributed by atoms with Crippen LogP contribution in [0.25, 0.3) is 0 Å². The fraction of sp³-hybridized carbons (Fsp3) is 0.667. The molecule has 0 aliphatic heterocycles. The molecule has 2 aliphatic rings. The van der Waals surface area contributed by atoms with Crippen molar-refractivity contribution < 1.29 is 9.59 Å². The van der Waals surface area contributed by atoms with Crippen LogP contribution < -0.4 is 16.0 Å². The molecule has 29 heavy (non-hydrogen) atoms. The molecule has 2 aliphatic carbocycles. The predicted molar refractivity (Wildman–Crippen MR) is 118 cm³/mol. The molecule has 2 fully saturated rings. The second-order valence-corrected chi connectivity index (χ2v) is 8.79. The Hall–Kier alpha value is -1.88. The van der Waals surface area contributed by atoms with Gasteiger partial charge in [-0.2, -0.15) is 0 Å². The molecule has 3 rings (SSSR count). The lowest BCUT2D eigenvalue weighted by Crippen LogP contribution is -2.40. The lowest BCUT2D eigenvalue weighted by molar-refractivity contribution is -0.123. The third kappa shape index (κ3) is 7.14. The average molecular weight is 400 g/mol. The van der Waals surface area contributed by atoms with Crippen LogP contribution in [-0.2, 0) is 16.1 Å². The van der Waals surface area contributed by atoms with E-state index >= 15 is 0 Å². The quantitative estimate of drug-likeness (QED) is 0.607. The van der Waals surface area contributed by atoms with Gasteiger partial charge in [-0.1, -0.05) is 38.3 Å². The molecule has 2 amide bonds. The Kier molecular flexibility index (Phi) is 8.53. The van der Waals surface area contributed by atoms with Crippen LogP contribution in [0.2, 0.25) is 0 Å². The fourth-order valence-electron chi connectivity index (χ4n) is 4.71. The second kappa shape index (κ2) is 11.3. The average Bonchev–Trinajstić information content (AvgIpc) is 2.73. The van der Waals surface area contributed by atoms with Crippen molar-refractivity contribution >= 4 is 17.5 Å². The van der Waals surface area contributed by atoms with Gasteiger partial charge in [-0.05, 0) is 68.7 Å². The molecule has 0 spiro atoms. The van der Waals surface area contributed by atoms with Crippen LogP contribution in [0, 0.1) is 11.8 Å². The monoisotopic (exact) mass is 399 g/mol. The molecule has 0 unspecified atom stereocenters. The van der Waals surface area contributed by atoms with Gasteiger partial charge < -0.3 is 16.0 Å². The Morgan fingerprint density at radius 2 is 1.76 bits per heavy atom. The van der Waals surface area contributed by atoms with E-state index < -0.39 is 0 Å². The minimum Gasteiger partial charge on any atom is -0.353 e. The lowest BCUT2D eigenvalue weighted by atomic mass is 9.84. The number of hydrogen-bond acceptors (Lipinski definition) is 3. The summed E-state index contributed by atoms with van der Waals surface area (Å²) in [4.78, 5) is 25.0. The summed E-state index contributed by atoms with van der Waals surface area (Å²) in [6, 6.07) is 8.28. The summed E-state index contributed by atoms with van der Waals surface area (Å²) in [7, 11) is 0. The van der Waals surface area contributed by atoms with Gasteiger partial charge in [0, 0.05) is 30.6 Å². The number of anilines is 1. The Morgan fingerprint density at radius 3 is 2.48 bits per heavy atom. The first-order chi connectivity index (χ1) is 14.1. The predicted octanol–water partition coefficient (Wildman–Crippen LogP) is 4.38. The van der Waals surface area contributed by atoms with Crippen LogP contribution >= 0.6 is 0 Å². The van der Waals surface area contributed by atoms with Crippen LogP contribution in [0.3, 0.4) is 0 Å². The zero-order valence-electron chi connectivity index (χ0n) is 17.8. The Balaban J connectivity index is 1.39. The van der Waals surface area contributed by atoms with Crippen molar-refractivity contribution in [2.75, 3.05) is 11.9 Å². The maximum atomic E-state index is 12.7. The van der Waals surface area contributed by atoms with E-state index in [2.05, 4.69) is 28.9 Å². The van der Waals surface area contributed by atoms with Gasteiger partial charge in [0.15, 0.2) is 0 Å². The van der Waals surface area contributed by atoms with E-state index in [0.717, 1.165) is 44.5 Å². The Bertz CT molecular complexity index is 662. The van der Waals surface area contributed by atoms with Gasteiger partial charge in [-0.25, -0.2) is 0 Å². The number of hydrogen-bond donors (Lipinski definition) is 3. The van der Waals surface area contributed by atoms with Crippen molar-refractivity contribution in [3.8, 4) is 0 Å². The highest BCUT2D eigenvalue weighted by Crippen LogP contribution is 2.28. The largest absolute Gasteiger partial charge is 0.353 e. The lowest BCUT2D eigenvalue weighted by Gasteiger charge is -2.29. The molecule has 0 radical (unpaired) electrons. The summed E-state index contributed by atoms with van der Waals surface area (Å²) in [5.41, 5.74) is 2.04. The first-order valence-corrected chi connectivity index (χ1v) is 11.5. The smallest absolute Gasteiger partial charge is 0.227 e. The molecule has 5 heteroatoms. The van der Waals surface area contributed by atoms with Gasteiger partial charge in [0.05, 0.1) is 0 Å². The van der Waals surface area contributed by atoms with E-state index in [4.69, 9.17) is 0 Å². The molecular formula is C24H37N3O2. The maximum absolute atomic E-state index is 12.7. The fourth-order valence-corrected chi connectivity index (χ4v) is 4.71. The van der Waals surface area contributed by atoms with E-state index in [1.165, 1.54) is 37.7 Å². The van der Waals surface area contributed by atoms with E-state index in [0.29, 0.717) is 12.3 Å². The van der Waals surface area contributed by atoms with Crippen molar-refractivity contribution in [1.82, 2.24) is 10.6 Å². The van der Waals surface area contributed by atoms with E-state index in [1.54, 1.807) is 0 Å². The minimum atomic E-state index is 0.0407. The summed E-state index contributed by atoms with van der Waals surface area (Å²) >= 11 is 0. The van der Waals surface area contributed by atoms with Crippen LogP contribution in [-0.4, -0.2) is 24.4 Å². The van der Waals surface area contributed by atoms with Gasteiger partial charge >= 0.3 is 0 Å². The molecule has 0 aromatic heterocycles. The second-order valence-electron chi connectivity index (χ2n) is 8.79. The third-order valence-electron chi connectivity index (χ3n) is 6.44. The van der Waals surface area contributed by atoms with Crippen molar-refractivity contribution in [3.63, 3.8) is 0 Å². The molecule has 1 aromatic carbocycles. The van der Waals surface area contributed by atoms with E-state index in [-0.39, 0.29) is 23.8 Å². The van der Waals surface area contributed by atoms with Crippen LogP contribution in [0.1, 0.15) is 76.7 Å². The Labute approximate surface area is 175 Å². The number of carbonyl (C=O) groups excluding carboxylic acids is 2. The van der Waals surface area contributed by atoms with E-state index in [1.807, 2.05) is 18.2 Å². The molecule has 2 saturated carbocycles. The third-order valence-corrected chi connectivity index (χ3v) is 6.44. The summed E-state index contributed by atoms with van der Waals surface area (Å²) in [6.07, 6.45) is 10.4. The molecular weight excluding hydrogens is 362 g/mol. The molecule has 0 atom stereocenters. The zero-order valence-corrected chi connectivity index (χ0v) is 17.8. The van der Waals surface area contributed by atoms with Gasteiger partial charge in [0.25, 0.3) is 0 Å². The first-order valence-electron chi connectivity index (χ1n) is 11.5. The van der Waals surface area contributed by atoms with Crippen molar-refractivity contribution in [3.05, 3.63) is 29.8 Å². The minimum absolute atomic E-state index is 0.0407. The van der Waals surface area contributed by atoms with Crippen molar-refractivity contribution in [2.45, 2.75) is 83.7 Å². The normalized spacial score (nSPS) is 22.8. The molecule has 160 valence electrons. The number of rotatable bonds is 8. The van der Waals surface area contributed by atoms with Crippen LogP contribution in [0.4, 0.5) is 5.69 Å². The number of carbonyl (C=O) groups is 2. The summed E-state index contributed by atoms with van der Waals surface area (Å²) in [5, 5.41) is 9.62. The van der Waals surface area contributed by atoms with Gasteiger partial charge in [0.2, 0.25) is 11.8 Å². The number of amides is 2. The molecule has 0 heterocycles. The van der Waals surface area contributed by atoms with Crippen molar-refractivity contribution in [1.29, 1.82) is 0 Å². The molecule has 0 bridgehead atoms. The highest BCUT2D eigenvalue weighted by atomic mass is 16.2. The standard InChI is InChI=1S/C24H37N3O2/c1-2-25-17-19-9-6-10-22(15-19)27-24(29)20-11-13-21(14-12-20)26-23(28)16-18-7-4-3-5-8-18/h6,9-10,15,18,20-21,25H,2-5,7-8,11-14,16-17H2,1H3,(H,26,28)(H,27,29).